The largest absolute Gasteiger partial charge is 0.354 e. The molecule has 8 heteroatoms. The van der Waals surface area contributed by atoms with Crippen molar-refractivity contribution in [2.45, 2.75) is 6.42 Å². The van der Waals surface area contributed by atoms with Gasteiger partial charge in [0.15, 0.2) is 4.96 Å². The van der Waals surface area contributed by atoms with Crippen molar-refractivity contribution in [3.8, 4) is 0 Å². The number of hydrogen-bond donors (Lipinski definition) is 2. The predicted molar refractivity (Wildman–Crippen MR) is 93.6 cm³/mol. The van der Waals surface area contributed by atoms with Crippen LogP contribution in [0.3, 0.4) is 0 Å². The SMILES string of the molecule is O=C(Cc1cn2ccsc2n1)NCCNC(=O)c1ccc(Cl)cc1. The molecule has 0 fully saturated rings. The molecular formula is C16H15ClN4O2S. The fourth-order valence-electron chi connectivity index (χ4n) is 2.17. The first-order chi connectivity index (χ1) is 11.6. The molecule has 6 nitrogen and oxygen atoms in total. The maximum Gasteiger partial charge on any atom is 0.251 e. The Hall–Kier alpha value is -2.38. The lowest BCUT2D eigenvalue weighted by atomic mass is 10.2. The van der Waals surface area contributed by atoms with Crippen molar-refractivity contribution in [3.05, 3.63) is 58.3 Å². The van der Waals surface area contributed by atoms with Gasteiger partial charge in [0, 0.05) is 41.4 Å². The summed E-state index contributed by atoms with van der Waals surface area (Å²) < 4.78 is 1.89. The fraction of sp³-hybridized carbons (Fsp3) is 0.188. The number of aromatic nitrogens is 2. The molecule has 2 aromatic heterocycles. The van der Waals surface area contributed by atoms with E-state index in [1.807, 2.05) is 22.2 Å². The average molecular weight is 363 g/mol. The molecule has 0 saturated carbocycles. The van der Waals surface area contributed by atoms with E-state index in [2.05, 4.69) is 15.6 Å². The number of carbonyl (C=O) groups excluding carboxylic acids is 2. The van der Waals surface area contributed by atoms with Gasteiger partial charge in [0.2, 0.25) is 5.91 Å². The van der Waals surface area contributed by atoms with Gasteiger partial charge < -0.3 is 10.6 Å². The number of benzene rings is 1. The van der Waals surface area contributed by atoms with Crippen LogP contribution in [0.5, 0.6) is 0 Å². The topological polar surface area (TPSA) is 75.5 Å². The maximum atomic E-state index is 11.9. The molecule has 3 aromatic rings. The summed E-state index contributed by atoms with van der Waals surface area (Å²) in [6.45, 7) is 0.714. The van der Waals surface area contributed by atoms with Gasteiger partial charge in [-0.3, -0.25) is 14.0 Å². The molecule has 0 unspecified atom stereocenters. The van der Waals surface area contributed by atoms with E-state index >= 15 is 0 Å². The average Bonchev–Trinajstić information content (AvgIpc) is 3.13. The van der Waals surface area contributed by atoms with Crippen LogP contribution < -0.4 is 10.6 Å². The highest BCUT2D eigenvalue weighted by Crippen LogP contribution is 2.11. The second-order valence-corrected chi connectivity index (χ2v) is 6.42. The van der Waals surface area contributed by atoms with Crippen LogP contribution >= 0.6 is 22.9 Å². The lowest BCUT2D eigenvalue weighted by molar-refractivity contribution is -0.120. The number of thiazole rings is 1. The van der Waals surface area contributed by atoms with Crippen molar-refractivity contribution >= 4 is 39.7 Å². The molecule has 1 aromatic carbocycles. The molecule has 0 radical (unpaired) electrons. The van der Waals surface area contributed by atoms with Crippen LogP contribution in [-0.2, 0) is 11.2 Å². The van der Waals surface area contributed by atoms with E-state index in [4.69, 9.17) is 11.6 Å². The first-order valence-corrected chi connectivity index (χ1v) is 8.59. The third kappa shape index (κ3) is 4.12. The standard InChI is InChI=1S/C16H15ClN4O2S/c17-12-3-1-11(2-4-12)15(23)19-6-5-18-14(22)9-13-10-21-7-8-24-16(21)20-13/h1-4,7-8,10H,5-6,9H2,(H,18,22)(H,19,23). The van der Waals surface area contributed by atoms with Crippen LogP contribution in [0, 0.1) is 0 Å². The summed E-state index contributed by atoms with van der Waals surface area (Å²) in [5.41, 5.74) is 1.26. The summed E-state index contributed by atoms with van der Waals surface area (Å²) in [5, 5.41) is 8.02. The molecule has 0 bridgehead atoms. The molecule has 0 aliphatic rings. The number of carbonyl (C=O) groups is 2. The Labute approximate surface area is 147 Å². The summed E-state index contributed by atoms with van der Waals surface area (Å²) in [6.07, 6.45) is 3.97. The van der Waals surface area contributed by atoms with Gasteiger partial charge in [0.1, 0.15) is 0 Å². The van der Waals surface area contributed by atoms with E-state index in [1.165, 1.54) is 11.3 Å². The van der Waals surface area contributed by atoms with Gasteiger partial charge >= 0.3 is 0 Å². The summed E-state index contributed by atoms with van der Waals surface area (Å²) in [4.78, 5) is 29.0. The first-order valence-electron chi connectivity index (χ1n) is 7.33. The second-order valence-electron chi connectivity index (χ2n) is 5.11. The number of hydrogen-bond acceptors (Lipinski definition) is 4. The monoisotopic (exact) mass is 362 g/mol. The molecule has 124 valence electrons. The van der Waals surface area contributed by atoms with Crippen molar-refractivity contribution in [1.82, 2.24) is 20.0 Å². The van der Waals surface area contributed by atoms with E-state index in [0.29, 0.717) is 23.7 Å². The number of amides is 2. The van der Waals surface area contributed by atoms with Crippen LogP contribution in [-0.4, -0.2) is 34.3 Å². The number of halogens is 1. The van der Waals surface area contributed by atoms with Gasteiger partial charge in [-0.25, -0.2) is 4.98 Å². The highest BCUT2D eigenvalue weighted by molar-refractivity contribution is 7.15. The van der Waals surface area contributed by atoms with Crippen LogP contribution in [0.4, 0.5) is 0 Å². The Kier molecular flexibility index (Phi) is 5.12. The number of rotatable bonds is 6. The van der Waals surface area contributed by atoms with Crippen molar-refractivity contribution in [1.29, 1.82) is 0 Å². The minimum absolute atomic E-state index is 0.124. The van der Waals surface area contributed by atoms with Crippen molar-refractivity contribution in [2.24, 2.45) is 0 Å². The lowest BCUT2D eigenvalue weighted by Gasteiger charge is -2.06. The molecule has 0 aliphatic heterocycles. The van der Waals surface area contributed by atoms with Gasteiger partial charge in [0.05, 0.1) is 12.1 Å². The molecule has 0 saturated heterocycles. The normalized spacial score (nSPS) is 10.7. The first kappa shape index (κ1) is 16.5. The highest BCUT2D eigenvalue weighted by Gasteiger charge is 2.08. The highest BCUT2D eigenvalue weighted by atomic mass is 35.5. The zero-order valence-electron chi connectivity index (χ0n) is 12.7. The third-order valence-corrected chi connectivity index (χ3v) is 4.35. The summed E-state index contributed by atoms with van der Waals surface area (Å²) in [7, 11) is 0. The predicted octanol–water partition coefficient (Wildman–Crippen LogP) is 2.14. The molecular weight excluding hydrogens is 348 g/mol. The lowest BCUT2D eigenvalue weighted by Crippen LogP contribution is -2.35. The number of imidazole rings is 1. The zero-order valence-corrected chi connectivity index (χ0v) is 14.2. The fourth-order valence-corrected chi connectivity index (χ4v) is 3.01. The van der Waals surface area contributed by atoms with E-state index in [-0.39, 0.29) is 18.2 Å². The zero-order chi connectivity index (χ0) is 16.9. The van der Waals surface area contributed by atoms with Crippen LogP contribution in [0.2, 0.25) is 5.02 Å². The van der Waals surface area contributed by atoms with Gasteiger partial charge in [-0.05, 0) is 24.3 Å². The molecule has 2 amide bonds. The molecule has 0 atom stereocenters. The molecule has 0 aliphatic carbocycles. The van der Waals surface area contributed by atoms with E-state index < -0.39 is 0 Å². The van der Waals surface area contributed by atoms with E-state index in [1.54, 1.807) is 24.3 Å². The maximum absolute atomic E-state index is 11.9. The van der Waals surface area contributed by atoms with Crippen molar-refractivity contribution in [3.63, 3.8) is 0 Å². The Morgan fingerprint density at radius 1 is 1.17 bits per heavy atom. The van der Waals surface area contributed by atoms with Gasteiger partial charge in [-0.15, -0.1) is 11.3 Å². The number of nitrogens with zero attached hydrogens (tertiary/aromatic N) is 2. The van der Waals surface area contributed by atoms with Crippen LogP contribution in [0.15, 0.2) is 42.0 Å². The smallest absolute Gasteiger partial charge is 0.251 e. The summed E-state index contributed by atoms with van der Waals surface area (Å²) in [6, 6.07) is 6.63. The number of fused-ring (bicyclic) bond motifs is 1. The van der Waals surface area contributed by atoms with Gasteiger partial charge in [-0.1, -0.05) is 11.6 Å². The molecule has 0 spiro atoms. The van der Waals surface area contributed by atoms with Crippen molar-refractivity contribution in [2.75, 3.05) is 13.1 Å². The minimum Gasteiger partial charge on any atom is -0.354 e. The molecule has 3 rings (SSSR count). The van der Waals surface area contributed by atoms with Crippen molar-refractivity contribution < 1.29 is 9.59 Å². The molecule has 2 N–H and O–H groups in total. The Morgan fingerprint density at radius 3 is 2.67 bits per heavy atom. The number of nitrogens with one attached hydrogen (secondary N) is 2. The molecule has 24 heavy (non-hydrogen) atoms. The van der Waals surface area contributed by atoms with Crippen LogP contribution in [0.25, 0.3) is 4.96 Å². The van der Waals surface area contributed by atoms with Crippen LogP contribution in [0.1, 0.15) is 16.1 Å². The Balaban J connectivity index is 1.39. The van der Waals surface area contributed by atoms with Gasteiger partial charge in [-0.2, -0.15) is 0 Å². The minimum atomic E-state index is -0.199. The Morgan fingerprint density at radius 2 is 1.92 bits per heavy atom. The second kappa shape index (κ2) is 7.46. The summed E-state index contributed by atoms with van der Waals surface area (Å²) >= 11 is 7.30. The van der Waals surface area contributed by atoms with E-state index in [9.17, 15) is 9.59 Å². The van der Waals surface area contributed by atoms with E-state index in [0.717, 1.165) is 10.7 Å². The third-order valence-electron chi connectivity index (χ3n) is 3.32. The summed E-state index contributed by atoms with van der Waals surface area (Å²) in [5.74, 6) is -0.322. The molecule has 2 heterocycles. The quantitative estimate of drug-likeness (QED) is 0.660. The Bertz CT molecular complexity index is 828. The van der Waals surface area contributed by atoms with Gasteiger partial charge in [0.25, 0.3) is 5.91 Å².